The van der Waals surface area contributed by atoms with E-state index >= 15 is 0 Å². The first-order valence-corrected chi connectivity index (χ1v) is 6.28. The van der Waals surface area contributed by atoms with E-state index in [9.17, 15) is 0 Å². The van der Waals surface area contributed by atoms with Crippen LogP contribution in [-0.4, -0.2) is 5.48 Å². The number of unbranched alkanes of at least 4 members (excludes halogenated alkanes) is 5. The molecular formula is C14H25NO. The Morgan fingerprint density at radius 1 is 0.938 bits per heavy atom. The summed E-state index contributed by atoms with van der Waals surface area (Å²) in [6, 6.07) is 4.36. The van der Waals surface area contributed by atoms with E-state index in [1.165, 1.54) is 50.6 Å². The van der Waals surface area contributed by atoms with Gasteiger partial charge in [0.2, 0.25) is 0 Å². The lowest BCUT2D eigenvalue weighted by Gasteiger charge is -1.99. The number of nitrogens with zero attached hydrogens (tertiary/aromatic N) is 1. The van der Waals surface area contributed by atoms with Crippen LogP contribution in [0.1, 0.15) is 51.0 Å². The van der Waals surface area contributed by atoms with Crippen molar-refractivity contribution < 1.29 is 10.0 Å². The zero-order chi connectivity index (χ0) is 10.9. The van der Waals surface area contributed by atoms with Crippen molar-refractivity contribution in [2.45, 2.75) is 58.9 Å². The normalized spacial score (nSPS) is 9.88. The van der Waals surface area contributed by atoms with Crippen LogP contribution in [0.4, 0.5) is 0 Å². The molecule has 16 heavy (non-hydrogen) atoms. The molecule has 0 radical (unpaired) electrons. The van der Waals surface area contributed by atoms with Crippen LogP contribution >= 0.6 is 0 Å². The summed E-state index contributed by atoms with van der Waals surface area (Å²) in [4.78, 5) is 0. The lowest BCUT2D eigenvalue weighted by molar-refractivity contribution is -0.697. The Morgan fingerprint density at radius 3 is 2.12 bits per heavy atom. The maximum atomic E-state index is 2.28. The first-order chi connectivity index (χ1) is 7.33. The van der Waals surface area contributed by atoms with Gasteiger partial charge in [-0.05, 0) is 18.9 Å². The minimum atomic E-state index is 0. The molecule has 0 aromatic carbocycles. The average molecular weight is 223 g/mol. The third-order valence-electron chi connectivity index (χ3n) is 2.83. The predicted molar refractivity (Wildman–Crippen MR) is 66.7 cm³/mol. The van der Waals surface area contributed by atoms with Crippen molar-refractivity contribution in [3.8, 4) is 0 Å². The molecular weight excluding hydrogens is 198 g/mol. The van der Waals surface area contributed by atoms with Crippen LogP contribution in [0.5, 0.6) is 0 Å². The maximum absolute atomic E-state index is 2.28. The lowest BCUT2D eigenvalue weighted by Crippen LogP contribution is -2.32. The second kappa shape index (κ2) is 9.34. The van der Waals surface area contributed by atoms with Crippen molar-refractivity contribution in [3.05, 3.63) is 30.1 Å². The van der Waals surface area contributed by atoms with E-state index in [0.29, 0.717) is 0 Å². The Kier molecular flexibility index (Phi) is 8.82. The summed E-state index contributed by atoms with van der Waals surface area (Å²) in [6.45, 7) is 5.57. The predicted octanol–water partition coefficient (Wildman–Crippen LogP) is 3.47. The highest BCUT2D eigenvalue weighted by Gasteiger charge is 1.98. The van der Waals surface area contributed by atoms with Gasteiger partial charge in [-0.3, -0.25) is 0 Å². The largest absolute Gasteiger partial charge is 0.870 e. The van der Waals surface area contributed by atoms with E-state index in [4.69, 9.17) is 0 Å². The smallest absolute Gasteiger partial charge is 0.169 e. The molecule has 1 aromatic heterocycles. The molecule has 0 atom stereocenters. The van der Waals surface area contributed by atoms with Gasteiger partial charge in [0.1, 0.15) is 6.54 Å². The number of hydrogen-bond acceptors (Lipinski definition) is 1. The van der Waals surface area contributed by atoms with Crippen LogP contribution in [0, 0.1) is 6.92 Å². The summed E-state index contributed by atoms with van der Waals surface area (Å²) in [6.07, 6.45) is 12.6. The molecule has 0 amide bonds. The van der Waals surface area contributed by atoms with Gasteiger partial charge in [0.05, 0.1) is 0 Å². The molecule has 0 unspecified atom stereocenters. The summed E-state index contributed by atoms with van der Waals surface area (Å²) >= 11 is 0. The molecule has 0 fully saturated rings. The molecule has 2 nitrogen and oxygen atoms in total. The van der Waals surface area contributed by atoms with Gasteiger partial charge in [-0.15, -0.1) is 0 Å². The van der Waals surface area contributed by atoms with Crippen molar-refractivity contribution in [2.24, 2.45) is 0 Å². The fourth-order valence-corrected chi connectivity index (χ4v) is 1.76. The van der Waals surface area contributed by atoms with Gasteiger partial charge in [-0.2, -0.15) is 0 Å². The monoisotopic (exact) mass is 223 g/mol. The van der Waals surface area contributed by atoms with Gasteiger partial charge >= 0.3 is 0 Å². The van der Waals surface area contributed by atoms with Crippen LogP contribution in [-0.2, 0) is 6.54 Å². The first-order valence-electron chi connectivity index (χ1n) is 6.28. The Morgan fingerprint density at radius 2 is 1.50 bits per heavy atom. The standard InChI is InChI=1S/C14H24N.H2O/c1-3-4-5-6-7-8-11-15-12-9-14(2)10-13-15;/h9-10,12-13H,3-8,11H2,1-2H3;1H2/q+1;/p-1. The highest BCUT2D eigenvalue weighted by Crippen LogP contribution is 2.04. The third-order valence-corrected chi connectivity index (χ3v) is 2.83. The van der Waals surface area contributed by atoms with E-state index in [1.54, 1.807) is 0 Å². The molecule has 0 aliphatic rings. The fourth-order valence-electron chi connectivity index (χ4n) is 1.76. The topological polar surface area (TPSA) is 33.9 Å². The molecule has 1 aromatic rings. The molecule has 1 N–H and O–H groups in total. The quantitative estimate of drug-likeness (QED) is 0.515. The van der Waals surface area contributed by atoms with Crippen molar-refractivity contribution in [1.82, 2.24) is 0 Å². The molecule has 92 valence electrons. The van der Waals surface area contributed by atoms with Crippen molar-refractivity contribution in [2.75, 3.05) is 0 Å². The van der Waals surface area contributed by atoms with Gasteiger partial charge in [0.15, 0.2) is 12.4 Å². The second-order valence-corrected chi connectivity index (χ2v) is 4.38. The third kappa shape index (κ3) is 6.57. The molecule has 0 aliphatic heterocycles. The fraction of sp³-hybridized carbons (Fsp3) is 0.643. The number of aromatic nitrogens is 1. The van der Waals surface area contributed by atoms with Crippen molar-refractivity contribution in [1.29, 1.82) is 0 Å². The first kappa shape index (κ1) is 15.1. The lowest BCUT2D eigenvalue weighted by atomic mass is 10.1. The number of aryl methyl sites for hydroxylation is 2. The number of pyridine rings is 1. The molecule has 0 spiro atoms. The van der Waals surface area contributed by atoms with Gasteiger partial charge in [-0.25, -0.2) is 4.57 Å². The van der Waals surface area contributed by atoms with E-state index in [1.807, 2.05) is 0 Å². The minimum Gasteiger partial charge on any atom is -0.870 e. The summed E-state index contributed by atoms with van der Waals surface area (Å²) in [5.41, 5.74) is 1.34. The summed E-state index contributed by atoms with van der Waals surface area (Å²) in [7, 11) is 0. The van der Waals surface area contributed by atoms with E-state index in [0.717, 1.165) is 0 Å². The van der Waals surface area contributed by atoms with E-state index in [-0.39, 0.29) is 5.48 Å². The Balaban J connectivity index is 0.00000225. The number of hydrogen-bond donors (Lipinski definition) is 0. The average Bonchev–Trinajstić information content (AvgIpc) is 2.26. The van der Waals surface area contributed by atoms with Gasteiger partial charge < -0.3 is 5.48 Å². The van der Waals surface area contributed by atoms with Crippen LogP contribution in [0.15, 0.2) is 24.5 Å². The molecule has 0 saturated heterocycles. The molecule has 1 rings (SSSR count). The van der Waals surface area contributed by atoms with Crippen molar-refractivity contribution in [3.63, 3.8) is 0 Å². The van der Waals surface area contributed by atoms with Crippen LogP contribution in [0.25, 0.3) is 0 Å². The zero-order valence-corrected chi connectivity index (χ0v) is 10.7. The zero-order valence-electron chi connectivity index (χ0n) is 10.7. The Bertz CT molecular complexity index is 256. The molecule has 0 bridgehead atoms. The highest BCUT2D eigenvalue weighted by molar-refractivity contribution is 5.03. The molecule has 0 aliphatic carbocycles. The Hall–Kier alpha value is -0.890. The highest BCUT2D eigenvalue weighted by atomic mass is 16.0. The molecule has 0 saturated carbocycles. The molecule has 1 heterocycles. The minimum absolute atomic E-state index is 0. The van der Waals surface area contributed by atoms with Gasteiger partial charge in [0.25, 0.3) is 0 Å². The van der Waals surface area contributed by atoms with E-state index < -0.39 is 0 Å². The number of rotatable bonds is 7. The second-order valence-electron chi connectivity index (χ2n) is 4.38. The van der Waals surface area contributed by atoms with Crippen LogP contribution in [0.2, 0.25) is 0 Å². The summed E-state index contributed by atoms with van der Waals surface area (Å²) < 4.78 is 2.28. The van der Waals surface area contributed by atoms with Crippen LogP contribution < -0.4 is 4.57 Å². The SMILES string of the molecule is CCCCCCCC[n+]1ccc(C)cc1.[OH-]. The Labute approximate surface area is 99.6 Å². The molecule has 2 heteroatoms. The van der Waals surface area contributed by atoms with Gasteiger partial charge in [-0.1, -0.05) is 32.6 Å². The van der Waals surface area contributed by atoms with Crippen molar-refractivity contribution >= 4 is 0 Å². The van der Waals surface area contributed by atoms with E-state index in [2.05, 4.69) is 42.9 Å². The summed E-state index contributed by atoms with van der Waals surface area (Å²) in [5.74, 6) is 0. The maximum Gasteiger partial charge on any atom is 0.169 e. The van der Waals surface area contributed by atoms with Crippen LogP contribution in [0.3, 0.4) is 0 Å². The van der Waals surface area contributed by atoms with Gasteiger partial charge in [0, 0.05) is 18.6 Å². The summed E-state index contributed by atoms with van der Waals surface area (Å²) in [5, 5.41) is 0.